The molecule has 0 aromatic heterocycles. The molecule has 11 heavy (non-hydrogen) atoms. The number of carbonyl (C=O) groups excluding carboxylic acids is 1. The average Bonchev–Trinajstić information content (AvgIpc) is 2.01. The lowest BCUT2D eigenvalue weighted by molar-refractivity contribution is -0.915. The van der Waals surface area contributed by atoms with Gasteiger partial charge in [-0.25, -0.2) is 0 Å². The molecule has 0 atom stereocenters. The van der Waals surface area contributed by atoms with Gasteiger partial charge in [-0.05, 0) is 20.8 Å². The first-order valence-electron chi connectivity index (χ1n) is 4.03. The summed E-state index contributed by atoms with van der Waals surface area (Å²) < 4.78 is 0.934. The van der Waals surface area contributed by atoms with Gasteiger partial charge in [0.1, 0.15) is 6.54 Å². The van der Waals surface area contributed by atoms with E-state index in [1.54, 1.807) is 0 Å². The fraction of sp³-hybridized carbons (Fsp3) is 0.875. The van der Waals surface area contributed by atoms with Crippen LogP contribution in [0.25, 0.3) is 0 Å². The number of quaternary nitrogens is 1. The van der Waals surface area contributed by atoms with Gasteiger partial charge < -0.3 is 16.9 Å². The van der Waals surface area contributed by atoms with E-state index in [1.165, 1.54) is 0 Å². The molecule has 0 aliphatic rings. The minimum atomic E-state index is 0. The van der Waals surface area contributed by atoms with E-state index in [4.69, 9.17) is 0 Å². The molecule has 0 amide bonds. The van der Waals surface area contributed by atoms with Gasteiger partial charge in [0.2, 0.25) is 0 Å². The van der Waals surface area contributed by atoms with Crippen molar-refractivity contribution in [2.75, 3.05) is 26.2 Å². The first-order chi connectivity index (χ1) is 4.74. The third-order valence-corrected chi connectivity index (χ3v) is 2.47. The van der Waals surface area contributed by atoms with Crippen LogP contribution in [-0.2, 0) is 4.79 Å². The van der Waals surface area contributed by atoms with Crippen molar-refractivity contribution in [2.24, 2.45) is 0 Å². The molecule has 0 aromatic carbocycles. The number of rotatable bonds is 5. The van der Waals surface area contributed by atoms with Gasteiger partial charge in [-0.1, -0.05) is 0 Å². The molecular weight excluding hydrogens is 162 g/mol. The minimum Gasteiger partial charge on any atom is -1.00 e. The Hall–Kier alpha value is -0.0800. The SMILES string of the molecule is CC[N+](CC)(CC)CC=O.[Cl-]. The van der Waals surface area contributed by atoms with Crippen LogP contribution in [0.1, 0.15) is 20.8 Å². The smallest absolute Gasteiger partial charge is 0.174 e. The number of halogens is 1. The predicted octanol–water partition coefficient (Wildman–Crippen LogP) is -1.93. The van der Waals surface area contributed by atoms with Crippen molar-refractivity contribution < 1.29 is 21.7 Å². The zero-order valence-corrected chi connectivity index (χ0v) is 8.40. The minimum absolute atomic E-state index is 0. The normalized spacial score (nSPS) is 10.5. The Morgan fingerprint density at radius 3 is 1.55 bits per heavy atom. The van der Waals surface area contributed by atoms with Crippen LogP contribution in [0, 0.1) is 0 Å². The summed E-state index contributed by atoms with van der Waals surface area (Å²) in [5, 5.41) is 0. The first kappa shape index (κ1) is 13.5. The topological polar surface area (TPSA) is 17.1 Å². The van der Waals surface area contributed by atoms with E-state index >= 15 is 0 Å². The van der Waals surface area contributed by atoms with E-state index in [0.29, 0.717) is 6.54 Å². The summed E-state index contributed by atoms with van der Waals surface area (Å²) in [6.45, 7) is 10.3. The van der Waals surface area contributed by atoms with Crippen molar-refractivity contribution in [1.82, 2.24) is 0 Å². The molecule has 0 spiro atoms. The molecule has 0 bridgehead atoms. The van der Waals surface area contributed by atoms with Crippen LogP contribution in [0.3, 0.4) is 0 Å². The van der Waals surface area contributed by atoms with Crippen molar-refractivity contribution in [3.8, 4) is 0 Å². The Kier molecular flexibility index (Phi) is 8.13. The van der Waals surface area contributed by atoms with Gasteiger partial charge in [-0.2, -0.15) is 0 Å². The van der Waals surface area contributed by atoms with Crippen molar-refractivity contribution in [1.29, 1.82) is 0 Å². The summed E-state index contributed by atoms with van der Waals surface area (Å²) in [5.74, 6) is 0. The molecule has 3 heteroatoms. The average molecular weight is 180 g/mol. The molecule has 68 valence electrons. The van der Waals surface area contributed by atoms with E-state index in [1.807, 2.05) is 0 Å². The van der Waals surface area contributed by atoms with Gasteiger partial charge in [-0.3, -0.25) is 4.79 Å². The summed E-state index contributed by atoms with van der Waals surface area (Å²) in [4.78, 5) is 10.3. The number of carbonyl (C=O) groups is 1. The Bertz CT molecular complexity index is 94.0. The van der Waals surface area contributed by atoms with E-state index in [9.17, 15) is 4.79 Å². The molecule has 0 heterocycles. The zero-order valence-electron chi connectivity index (χ0n) is 7.64. The maximum atomic E-state index is 10.3. The second-order valence-electron chi connectivity index (χ2n) is 2.64. The fourth-order valence-corrected chi connectivity index (χ4v) is 1.22. The number of likely N-dealkylation sites (N-methyl/N-ethyl adjacent to an activating group) is 1. The summed E-state index contributed by atoms with van der Waals surface area (Å²) >= 11 is 0. The Labute approximate surface area is 75.6 Å². The predicted molar refractivity (Wildman–Crippen MR) is 42.8 cm³/mol. The van der Waals surface area contributed by atoms with Crippen LogP contribution < -0.4 is 12.4 Å². The number of nitrogens with zero attached hydrogens (tertiary/aromatic N) is 1. The van der Waals surface area contributed by atoms with Crippen LogP contribution >= 0.6 is 0 Å². The molecule has 0 N–H and O–H groups in total. The van der Waals surface area contributed by atoms with Crippen LogP contribution in [-0.4, -0.2) is 36.9 Å². The third-order valence-electron chi connectivity index (χ3n) is 2.47. The van der Waals surface area contributed by atoms with Crippen LogP contribution in [0.5, 0.6) is 0 Å². The number of aldehydes is 1. The molecule has 0 saturated carbocycles. The highest BCUT2D eigenvalue weighted by Gasteiger charge is 2.18. The summed E-state index contributed by atoms with van der Waals surface area (Å²) in [6, 6.07) is 0. The molecule has 0 aromatic rings. The Balaban J connectivity index is 0. The highest BCUT2D eigenvalue weighted by molar-refractivity contribution is 5.50. The molecule has 0 aliphatic heterocycles. The van der Waals surface area contributed by atoms with Crippen molar-refractivity contribution >= 4 is 6.29 Å². The molecule has 0 rings (SSSR count). The standard InChI is InChI=1S/C8H18NO.ClH/c1-4-9(5-2,6-3)7-8-10;/h8H,4-7H2,1-3H3;1H/q+1;/p-1. The van der Waals surface area contributed by atoms with Crippen molar-refractivity contribution in [3.05, 3.63) is 0 Å². The molecule has 0 radical (unpaired) electrons. The van der Waals surface area contributed by atoms with Gasteiger partial charge in [0.25, 0.3) is 0 Å². The van der Waals surface area contributed by atoms with Gasteiger partial charge in [0.15, 0.2) is 6.29 Å². The van der Waals surface area contributed by atoms with Crippen LogP contribution in [0.4, 0.5) is 0 Å². The van der Waals surface area contributed by atoms with Crippen molar-refractivity contribution in [3.63, 3.8) is 0 Å². The molecule has 2 nitrogen and oxygen atoms in total. The number of hydrogen-bond donors (Lipinski definition) is 0. The van der Waals surface area contributed by atoms with Gasteiger partial charge in [0, 0.05) is 0 Å². The molecule has 0 saturated heterocycles. The zero-order chi connectivity index (χ0) is 8.04. The lowest BCUT2D eigenvalue weighted by Gasteiger charge is -2.33. The second kappa shape index (κ2) is 6.62. The lowest BCUT2D eigenvalue weighted by Crippen LogP contribution is -3.00. The molecule has 0 fully saturated rings. The Morgan fingerprint density at radius 1 is 1.09 bits per heavy atom. The van der Waals surface area contributed by atoms with Crippen LogP contribution in [0.15, 0.2) is 0 Å². The van der Waals surface area contributed by atoms with E-state index in [-0.39, 0.29) is 12.4 Å². The second-order valence-corrected chi connectivity index (χ2v) is 2.64. The molecular formula is C8H18ClNO. The highest BCUT2D eigenvalue weighted by atomic mass is 35.5. The summed E-state index contributed by atoms with van der Waals surface area (Å²) in [5.41, 5.74) is 0. The monoisotopic (exact) mass is 179 g/mol. The third kappa shape index (κ3) is 3.73. The fourth-order valence-electron chi connectivity index (χ4n) is 1.22. The lowest BCUT2D eigenvalue weighted by atomic mass is 10.3. The van der Waals surface area contributed by atoms with E-state index in [0.717, 1.165) is 30.4 Å². The van der Waals surface area contributed by atoms with Crippen LogP contribution in [0.2, 0.25) is 0 Å². The van der Waals surface area contributed by atoms with Gasteiger partial charge >= 0.3 is 0 Å². The maximum absolute atomic E-state index is 10.3. The Morgan fingerprint density at radius 2 is 1.45 bits per heavy atom. The maximum Gasteiger partial charge on any atom is 0.174 e. The summed E-state index contributed by atoms with van der Waals surface area (Å²) in [6.07, 6.45) is 1.02. The highest BCUT2D eigenvalue weighted by Crippen LogP contribution is 2.02. The van der Waals surface area contributed by atoms with Gasteiger partial charge in [-0.15, -0.1) is 0 Å². The quantitative estimate of drug-likeness (QED) is 0.355. The van der Waals surface area contributed by atoms with E-state index in [2.05, 4.69) is 20.8 Å². The van der Waals surface area contributed by atoms with Crippen molar-refractivity contribution in [2.45, 2.75) is 20.8 Å². The summed E-state index contributed by atoms with van der Waals surface area (Å²) in [7, 11) is 0. The van der Waals surface area contributed by atoms with E-state index < -0.39 is 0 Å². The molecule has 0 unspecified atom stereocenters. The first-order valence-corrected chi connectivity index (χ1v) is 4.03. The molecule has 0 aliphatic carbocycles. The van der Waals surface area contributed by atoms with Gasteiger partial charge in [0.05, 0.1) is 19.6 Å². The number of hydrogen-bond acceptors (Lipinski definition) is 1. The largest absolute Gasteiger partial charge is 1.00 e.